The number of hydrogen-bond acceptors (Lipinski definition) is 6. The fourth-order valence-electron chi connectivity index (χ4n) is 3.63. The Bertz CT molecular complexity index is 878. The largest absolute Gasteiger partial charge is 0.375 e. The first-order chi connectivity index (χ1) is 13.0. The van der Waals surface area contributed by atoms with Gasteiger partial charge < -0.3 is 5.73 Å². The van der Waals surface area contributed by atoms with E-state index in [0.29, 0.717) is 23.8 Å². The standard InChI is InChI=1S/C20H22FN3OS2/c21-16-4-2-1-3-15(16)18(19(25)12-5-6-12)24-8-7-17(26)13(10-24)9-14-11-27-20(22)23-14/h1-4,9,11-12,17-18,26H,5-8,10H2,(H2,22,23)/b13-9+. The van der Waals surface area contributed by atoms with Crippen LogP contribution in [0.1, 0.15) is 36.6 Å². The third kappa shape index (κ3) is 4.10. The van der Waals surface area contributed by atoms with Crippen LogP contribution in [0.2, 0.25) is 0 Å². The maximum atomic E-state index is 14.5. The highest BCUT2D eigenvalue weighted by atomic mass is 32.1. The fraction of sp³-hybridized carbons (Fsp3) is 0.400. The van der Waals surface area contributed by atoms with Gasteiger partial charge in [0.15, 0.2) is 10.9 Å². The maximum Gasteiger partial charge on any atom is 0.180 e. The number of carbonyl (C=O) groups excluding carboxylic acids is 1. The van der Waals surface area contributed by atoms with Gasteiger partial charge in [-0.3, -0.25) is 9.69 Å². The number of likely N-dealkylation sites (tertiary alicyclic amines) is 1. The van der Waals surface area contributed by atoms with Crippen molar-refractivity contribution < 1.29 is 9.18 Å². The Labute approximate surface area is 167 Å². The minimum absolute atomic E-state index is 0.0640. The predicted molar refractivity (Wildman–Crippen MR) is 110 cm³/mol. The van der Waals surface area contributed by atoms with Crippen LogP contribution in [0.4, 0.5) is 9.52 Å². The van der Waals surface area contributed by atoms with Crippen LogP contribution < -0.4 is 5.73 Å². The normalized spacial score (nSPS) is 23.5. The molecular formula is C20H22FN3OS2. The zero-order valence-electron chi connectivity index (χ0n) is 14.8. The van der Waals surface area contributed by atoms with Gasteiger partial charge in [0.05, 0.1) is 11.7 Å². The minimum Gasteiger partial charge on any atom is -0.375 e. The van der Waals surface area contributed by atoms with Crippen molar-refractivity contribution in [2.75, 3.05) is 18.8 Å². The number of nitrogens with zero attached hydrogens (tertiary/aromatic N) is 2. The second-order valence-corrected chi connectivity index (χ2v) is 8.72. The van der Waals surface area contributed by atoms with Crippen molar-refractivity contribution in [3.63, 3.8) is 0 Å². The molecule has 2 unspecified atom stereocenters. The van der Waals surface area contributed by atoms with E-state index in [1.54, 1.807) is 18.2 Å². The molecule has 2 aromatic rings. The second kappa shape index (κ2) is 7.73. The lowest BCUT2D eigenvalue weighted by Crippen LogP contribution is -2.42. The van der Waals surface area contributed by atoms with Gasteiger partial charge in [-0.1, -0.05) is 18.2 Å². The lowest BCUT2D eigenvalue weighted by Gasteiger charge is -2.37. The number of carbonyl (C=O) groups is 1. The van der Waals surface area contributed by atoms with Crippen molar-refractivity contribution in [3.05, 3.63) is 52.3 Å². The van der Waals surface area contributed by atoms with Crippen LogP contribution in [0.3, 0.4) is 0 Å². The molecule has 0 spiro atoms. The number of ketones is 1. The SMILES string of the molecule is Nc1nc(/C=C2\CN(C(C(=O)C3CC3)c3ccccc3F)CCC2S)cs1. The molecule has 2 aliphatic rings. The van der Waals surface area contributed by atoms with Crippen LogP contribution in [0.5, 0.6) is 0 Å². The summed E-state index contributed by atoms with van der Waals surface area (Å²) in [6.07, 6.45) is 4.62. The number of hydrogen-bond donors (Lipinski definition) is 2. The summed E-state index contributed by atoms with van der Waals surface area (Å²) in [6.45, 7) is 1.28. The molecule has 1 aromatic heterocycles. The molecule has 4 nitrogen and oxygen atoms in total. The molecule has 1 aromatic carbocycles. The number of nitrogen functional groups attached to an aromatic ring is 1. The van der Waals surface area contributed by atoms with Crippen LogP contribution in [0.15, 0.2) is 35.2 Å². The van der Waals surface area contributed by atoms with E-state index in [0.717, 1.165) is 30.5 Å². The predicted octanol–water partition coefficient (Wildman–Crippen LogP) is 3.97. The maximum absolute atomic E-state index is 14.5. The molecule has 2 fully saturated rings. The molecule has 1 saturated heterocycles. The molecule has 0 amide bonds. The number of anilines is 1. The van der Waals surface area contributed by atoms with Crippen LogP contribution in [-0.4, -0.2) is 34.0 Å². The molecule has 142 valence electrons. The van der Waals surface area contributed by atoms with Crippen molar-refractivity contribution in [2.45, 2.75) is 30.6 Å². The van der Waals surface area contributed by atoms with Crippen LogP contribution >= 0.6 is 24.0 Å². The van der Waals surface area contributed by atoms with Crippen LogP contribution in [-0.2, 0) is 4.79 Å². The minimum atomic E-state index is -0.538. The van der Waals surface area contributed by atoms with Gasteiger partial charge in [-0.15, -0.1) is 11.3 Å². The Morgan fingerprint density at radius 3 is 2.81 bits per heavy atom. The first-order valence-electron chi connectivity index (χ1n) is 9.14. The number of aromatic nitrogens is 1. The van der Waals surface area contributed by atoms with E-state index in [9.17, 15) is 9.18 Å². The average Bonchev–Trinajstić information content (AvgIpc) is 3.42. The summed E-state index contributed by atoms with van der Waals surface area (Å²) in [4.78, 5) is 19.4. The van der Waals surface area contributed by atoms with Gasteiger partial charge in [0.25, 0.3) is 0 Å². The summed E-state index contributed by atoms with van der Waals surface area (Å²) >= 11 is 6.10. The molecule has 2 N–H and O–H groups in total. The third-order valence-electron chi connectivity index (χ3n) is 5.19. The number of benzene rings is 1. The molecule has 2 atom stereocenters. The van der Waals surface area contributed by atoms with Crippen molar-refractivity contribution in [3.8, 4) is 0 Å². The van der Waals surface area contributed by atoms with Gasteiger partial charge in [-0.25, -0.2) is 9.37 Å². The zero-order valence-corrected chi connectivity index (χ0v) is 16.6. The molecule has 2 heterocycles. The van der Waals surface area contributed by atoms with E-state index >= 15 is 0 Å². The number of halogens is 1. The highest BCUT2D eigenvalue weighted by Gasteiger charge is 2.40. The van der Waals surface area contributed by atoms with Gasteiger partial charge in [0.2, 0.25) is 0 Å². The van der Waals surface area contributed by atoms with Gasteiger partial charge >= 0.3 is 0 Å². The van der Waals surface area contributed by atoms with Crippen LogP contribution in [0, 0.1) is 11.7 Å². The highest BCUT2D eigenvalue weighted by molar-refractivity contribution is 7.81. The van der Waals surface area contributed by atoms with Gasteiger partial charge in [0, 0.05) is 35.2 Å². The zero-order chi connectivity index (χ0) is 19.0. The van der Waals surface area contributed by atoms with E-state index in [4.69, 9.17) is 18.4 Å². The molecular weight excluding hydrogens is 381 g/mol. The molecule has 1 aliphatic heterocycles. The number of Topliss-reactive ketones (excluding diaryl/α,β-unsaturated/α-hetero) is 1. The summed E-state index contributed by atoms with van der Waals surface area (Å²) < 4.78 is 14.5. The van der Waals surface area contributed by atoms with Crippen molar-refractivity contribution in [2.24, 2.45) is 5.92 Å². The Kier molecular flexibility index (Phi) is 5.34. The quantitative estimate of drug-likeness (QED) is 0.742. The van der Waals surface area contributed by atoms with Crippen molar-refractivity contribution >= 4 is 41.0 Å². The number of piperidine rings is 1. The Hall–Kier alpha value is -1.70. The molecule has 7 heteroatoms. The van der Waals surface area contributed by atoms with Gasteiger partial charge in [0.1, 0.15) is 5.82 Å². The lowest BCUT2D eigenvalue weighted by atomic mass is 9.93. The van der Waals surface area contributed by atoms with Crippen LogP contribution in [0.25, 0.3) is 6.08 Å². The highest BCUT2D eigenvalue weighted by Crippen LogP contribution is 2.39. The smallest absolute Gasteiger partial charge is 0.180 e. The summed E-state index contributed by atoms with van der Waals surface area (Å²) in [5, 5.41) is 2.53. The van der Waals surface area contributed by atoms with Gasteiger partial charge in [-0.05, 0) is 37.0 Å². The molecule has 1 saturated carbocycles. The first kappa shape index (κ1) is 18.7. The van der Waals surface area contributed by atoms with E-state index in [-0.39, 0.29) is 22.8 Å². The van der Waals surface area contributed by atoms with E-state index < -0.39 is 6.04 Å². The van der Waals surface area contributed by atoms with E-state index in [2.05, 4.69) is 9.88 Å². The molecule has 4 rings (SSSR count). The number of rotatable bonds is 5. The van der Waals surface area contributed by atoms with E-state index in [1.807, 2.05) is 11.5 Å². The second-order valence-electron chi connectivity index (χ2n) is 7.21. The summed E-state index contributed by atoms with van der Waals surface area (Å²) in [5.74, 6) is -0.119. The summed E-state index contributed by atoms with van der Waals surface area (Å²) in [6, 6.07) is 6.09. The number of thiazole rings is 1. The Morgan fingerprint density at radius 2 is 2.15 bits per heavy atom. The molecule has 0 bridgehead atoms. The summed E-state index contributed by atoms with van der Waals surface area (Å²) in [7, 11) is 0. The van der Waals surface area contributed by atoms with E-state index in [1.165, 1.54) is 17.4 Å². The number of nitrogens with two attached hydrogens (primary N) is 1. The topological polar surface area (TPSA) is 59.2 Å². The molecule has 1 aliphatic carbocycles. The summed E-state index contributed by atoms with van der Waals surface area (Å²) in [5.41, 5.74) is 8.10. The number of thiol groups is 1. The fourth-order valence-corrected chi connectivity index (χ4v) is 4.42. The molecule has 27 heavy (non-hydrogen) atoms. The average molecular weight is 404 g/mol. The van der Waals surface area contributed by atoms with Crippen molar-refractivity contribution in [1.82, 2.24) is 9.88 Å². The monoisotopic (exact) mass is 403 g/mol. The van der Waals surface area contributed by atoms with Crippen molar-refractivity contribution in [1.29, 1.82) is 0 Å². The molecule has 0 radical (unpaired) electrons. The first-order valence-corrected chi connectivity index (χ1v) is 10.5. The Balaban J connectivity index is 1.64. The third-order valence-corrected chi connectivity index (χ3v) is 6.47. The Morgan fingerprint density at radius 1 is 1.37 bits per heavy atom. The van der Waals surface area contributed by atoms with Gasteiger partial charge in [-0.2, -0.15) is 12.6 Å². The lowest BCUT2D eigenvalue weighted by molar-refractivity contribution is -0.126.